The number of benzene rings is 1. The number of piperazine rings is 1. The Bertz CT molecular complexity index is 514. The Labute approximate surface area is 122 Å². The van der Waals surface area contributed by atoms with Crippen LogP contribution in [0, 0.1) is 0 Å². The SMILES string of the molecule is O=C(c1ccc(CBr)cc1)N1CCN([SH](=O)=O)CC1. The maximum absolute atomic E-state index is 12.2. The second-order valence-corrected chi connectivity index (χ2v) is 5.92. The van der Waals surface area contributed by atoms with Crippen molar-refractivity contribution in [3.05, 3.63) is 35.4 Å². The van der Waals surface area contributed by atoms with Crippen molar-refractivity contribution in [2.45, 2.75) is 5.33 Å². The summed E-state index contributed by atoms with van der Waals surface area (Å²) in [5.74, 6) is -0.0399. The van der Waals surface area contributed by atoms with Gasteiger partial charge in [0.2, 0.25) is 10.9 Å². The molecule has 1 amide bonds. The summed E-state index contributed by atoms with van der Waals surface area (Å²) in [5, 5.41) is 0.761. The number of halogens is 1. The first-order chi connectivity index (χ1) is 9.11. The Hall–Kier alpha value is -0.920. The molecule has 7 heteroatoms. The fraction of sp³-hybridized carbons (Fsp3) is 0.417. The first-order valence-electron chi connectivity index (χ1n) is 5.95. The molecule has 1 heterocycles. The largest absolute Gasteiger partial charge is 0.336 e. The molecule has 0 radical (unpaired) electrons. The third-order valence-corrected chi connectivity index (χ3v) is 4.64. The maximum atomic E-state index is 12.2. The van der Waals surface area contributed by atoms with Crippen molar-refractivity contribution in [3.8, 4) is 0 Å². The van der Waals surface area contributed by atoms with Gasteiger partial charge in [0.1, 0.15) is 0 Å². The van der Waals surface area contributed by atoms with E-state index in [-0.39, 0.29) is 5.91 Å². The molecular formula is C12H15BrN2O3S. The molecule has 1 aliphatic rings. The van der Waals surface area contributed by atoms with Gasteiger partial charge in [-0.05, 0) is 17.7 Å². The third-order valence-electron chi connectivity index (χ3n) is 3.13. The van der Waals surface area contributed by atoms with Gasteiger partial charge in [-0.1, -0.05) is 28.1 Å². The summed E-state index contributed by atoms with van der Waals surface area (Å²) in [6.45, 7) is 1.65. The lowest BCUT2D eigenvalue weighted by atomic mass is 10.1. The lowest BCUT2D eigenvalue weighted by Crippen LogP contribution is -2.48. The number of thiol groups is 1. The number of nitrogens with zero attached hydrogens (tertiary/aromatic N) is 2. The van der Waals surface area contributed by atoms with Gasteiger partial charge in [0, 0.05) is 37.1 Å². The zero-order chi connectivity index (χ0) is 13.8. The van der Waals surface area contributed by atoms with Crippen LogP contribution in [0.25, 0.3) is 0 Å². The van der Waals surface area contributed by atoms with Crippen LogP contribution >= 0.6 is 15.9 Å². The highest BCUT2D eigenvalue weighted by atomic mass is 79.9. The number of hydrogen-bond donors (Lipinski definition) is 1. The molecule has 19 heavy (non-hydrogen) atoms. The van der Waals surface area contributed by atoms with E-state index in [2.05, 4.69) is 15.9 Å². The third kappa shape index (κ3) is 3.55. The molecule has 1 aliphatic heterocycles. The number of carbonyl (C=O) groups excluding carboxylic acids is 1. The van der Waals surface area contributed by atoms with Gasteiger partial charge < -0.3 is 4.90 Å². The fourth-order valence-electron chi connectivity index (χ4n) is 1.98. The summed E-state index contributed by atoms with van der Waals surface area (Å²) in [5.41, 5.74) is 1.76. The quantitative estimate of drug-likeness (QED) is 0.652. The number of hydrogen-bond acceptors (Lipinski definition) is 3. The normalized spacial score (nSPS) is 16.8. The van der Waals surface area contributed by atoms with Gasteiger partial charge in [0.25, 0.3) is 5.91 Å². The van der Waals surface area contributed by atoms with Crippen molar-refractivity contribution in [1.29, 1.82) is 0 Å². The van der Waals surface area contributed by atoms with Crippen LogP contribution in [0.5, 0.6) is 0 Å². The Morgan fingerprint density at radius 1 is 1.11 bits per heavy atom. The number of amides is 1. The highest BCUT2D eigenvalue weighted by Gasteiger charge is 2.22. The van der Waals surface area contributed by atoms with Crippen LogP contribution in [0.4, 0.5) is 0 Å². The van der Waals surface area contributed by atoms with Crippen LogP contribution in [-0.4, -0.2) is 49.7 Å². The predicted octanol–water partition coefficient (Wildman–Crippen LogP) is 0.866. The van der Waals surface area contributed by atoms with Crippen LogP contribution in [0.15, 0.2) is 24.3 Å². The average Bonchev–Trinajstić information content (AvgIpc) is 2.46. The minimum Gasteiger partial charge on any atom is -0.336 e. The molecule has 0 spiro atoms. The van der Waals surface area contributed by atoms with E-state index < -0.39 is 10.9 Å². The highest BCUT2D eigenvalue weighted by molar-refractivity contribution is 9.08. The van der Waals surface area contributed by atoms with Crippen molar-refractivity contribution in [2.24, 2.45) is 0 Å². The van der Waals surface area contributed by atoms with E-state index in [1.807, 2.05) is 12.1 Å². The van der Waals surface area contributed by atoms with Crippen LogP contribution < -0.4 is 0 Å². The van der Waals surface area contributed by atoms with Crippen molar-refractivity contribution in [3.63, 3.8) is 0 Å². The second-order valence-electron chi connectivity index (χ2n) is 4.31. The van der Waals surface area contributed by atoms with Gasteiger partial charge in [-0.15, -0.1) is 0 Å². The van der Waals surface area contributed by atoms with Crippen LogP contribution in [-0.2, 0) is 16.2 Å². The van der Waals surface area contributed by atoms with E-state index in [0.717, 1.165) is 10.9 Å². The highest BCUT2D eigenvalue weighted by Crippen LogP contribution is 2.12. The Morgan fingerprint density at radius 2 is 1.68 bits per heavy atom. The molecule has 2 rings (SSSR count). The number of alkyl halides is 1. The molecule has 0 atom stereocenters. The van der Waals surface area contributed by atoms with Crippen LogP contribution in [0.1, 0.15) is 15.9 Å². The minimum atomic E-state index is -2.53. The summed E-state index contributed by atoms with van der Waals surface area (Å²) in [6.07, 6.45) is 0. The monoisotopic (exact) mass is 346 g/mol. The Balaban J connectivity index is 2.00. The van der Waals surface area contributed by atoms with Gasteiger partial charge in [0.15, 0.2) is 0 Å². The van der Waals surface area contributed by atoms with Crippen LogP contribution in [0.3, 0.4) is 0 Å². The lowest BCUT2D eigenvalue weighted by molar-refractivity contribution is 0.0700. The summed E-state index contributed by atoms with van der Waals surface area (Å²) >= 11 is 3.36. The van der Waals surface area contributed by atoms with Gasteiger partial charge >= 0.3 is 0 Å². The van der Waals surface area contributed by atoms with Crippen molar-refractivity contribution in [1.82, 2.24) is 9.21 Å². The molecule has 0 aromatic heterocycles. The van der Waals surface area contributed by atoms with Gasteiger partial charge in [-0.2, -0.15) is 0 Å². The first-order valence-corrected chi connectivity index (χ1v) is 8.20. The molecule has 104 valence electrons. The number of carbonyl (C=O) groups is 1. The summed E-state index contributed by atoms with van der Waals surface area (Å²) < 4.78 is 23.0. The van der Waals surface area contributed by atoms with E-state index >= 15 is 0 Å². The molecule has 0 unspecified atom stereocenters. The van der Waals surface area contributed by atoms with Crippen molar-refractivity contribution >= 4 is 32.7 Å². The van der Waals surface area contributed by atoms with Crippen LogP contribution in [0.2, 0.25) is 0 Å². The molecule has 5 nitrogen and oxygen atoms in total. The maximum Gasteiger partial charge on any atom is 0.253 e. The van der Waals surface area contributed by atoms with Crippen molar-refractivity contribution in [2.75, 3.05) is 26.2 Å². The molecule has 1 saturated heterocycles. The van der Waals surface area contributed by atoms with E-state index in [9.17, 15) is 13.2 Å². The minimum absolute atomic E-state index is 0.0399. The van der Waals surface area contributed by atoms with E-state index in [1.165, 1.54) is 4.31 Å². The number of rotatable bonds is 3. The molecule has 1 aromatic rings. The summed E-state index contributed by atoms with van der Waals surface area (Å²) in [7, 11) is -2.53. The molecule has 0 N–H and O–H groups in total. The molecule has 0 aliphatic carbocycles. The first kappa shape index (κ1) is 14.5. The molecular weight excluding hydrogens is 332 g/mol. The van der Waals surface area contributed by atoms with Gasteiger partial charge in [-0.3, -0.25) is 4.79 Å². The average molecular weight is 347 g/mol. The van der Waals surface area contributed by atoms with E-state index in [4.69, 9.17) is 0 Å². The smallest absolute Gasteiger partial charge is 0.253 e. The molecule has 1 fully saturated rings. The summed E-state index contributed by atoms with van der Waals surface area (Å²) in [6, 6.07) is 7.43. The topological polar surface area (TPSA) is 57.7 Å². The zero-order valence-electron chi connectivity index (χ0n) is 10.3. The molecule has 1 aromatic carbocycles. The second kappa shape index (κ2) is 6.49. The molecule has 0 bridgehead atoms. The zero-order valence-corrected chi connectivity index (χ0v) is 12.8. The van der Waals surface area contributed by atoms with Gasteiger partial charge in [0.05, 0.1) is 0 Å². The molecule has 0 saturated carbocycles. The summed E-state index contributed by atoms with van der Waals surface area (Å²) in [4.78, 5) is 13.9. The lowest BCUT2D eigenvalue weighted by Gasteiger charge is -2.31. The predicted molar refractivity (Wildman–Crippen MR) is 76.9 cm³/mol. The fourth-order valence-corrected chi connectivity index (χ4v) is 2.86. The van der Waals surface area contributed by atoms with E-state index in [0.29, 0.717) is 31.7 Å². The Kier molecular flexibility index (Phi) is 4.95. The Morgan fingerprint density at radius 3 is 2.16 bits per heavy atom. The van der Waals surface area contributed by atoms with E-state index in [1.54, 1.807) is 17.0 Å². The van der Waals surface area contributed by atoms with Gasteiger partial charge in [-0.25, -0.2) is 12.7 Å². The van der Waals surface area contributed by atoms with Crippen molar-refractivity contribution < 1.29 is 13.2 Å². The standard InChI is InChI=1S/C12H15BrN2O3S/c13-9-10-1-3-11(4-2-10)12(16)14-5-7-15(8-6-14)19(17)18/h1-4,19H,5-9H2.